The standard InChI is InChI=1S/C17H24N2O.ClH/c20-17(12-14-6-2-1-3-7-14)19-11-10-18-13-15-8-4-5-9-16(15)19;/h4-5,8-9,14,18H,1-3,6-7,10-13H2;1H. The molecule has 0 atom stereocenters. The summed E-state index contributed by atoms with van der Waals surface area (Å²) in [6, 6.07) is 8.29. The lowest BCUT2D eigenvalue weighted by Crippen LogP contribution is -2.36. The fraction of sp³-hybridized carbons (Fsp3) is 0.588. The number of anilines is 1. The number of benzene rings is 1. The zero-order valence-corrected chi connectivity index (χ0v) is 13.3. The lowest BCUT2D eigenvalue weighted by Gasteiger charge is -2.27. The number of carbonyl (C=O) groups excluding carboxylic acids is 1. The van der Waals surface area contributed by atoms with Crippen molar-refractivity contribution in [3.63, 3.8) is 0 Å². The van der Waals surface area contributed by atoms with E-state index in [4.69, 9.17) is 0 Å². The van der Waals surface area contributed by atoms with Crippen molar-refractivity contribution in [1.29, 1.82) is 0 Å². The molecule has 0 aromatic heterocycles. The molecule has 1 aliphatic heterocycles. The Kier molecular flexibility index (Phi) is 6.07. The summed E-state index contributed by atoms with van der Waals surface area (Å²) in [4.78, 5) is 14.7. The molecule has 1 N–H and O–H groups in total. The topological polar surface area (TPSA) is 32.3 Å². The molecule has 3 nitrogen and oxygen atoms in total. The third-order valence-corrected chi connectivity index (χ3v) is 4.60. The summed E-state index contributed by atoms with van der Waals surface area (Å²) in [6.45, 7) is 2.54. The predicted octanol–water partition coefficient (Wildman–Crippen LogP) is 3.52. The zero-order valence-electron chi connectivity index (χ0n) is 12.5. The SMILES string of the molecule is Cl.O=C(CC1CCCCC1)N1CCNCc2ccccc21. The van der Waals surface area contributed by atoms with Gasteiger partial charge < -0.3 is 10.2 Å². The molecule has 4 heteroatoms. The van der Waals surface area contributed by atoms with Crippen molar-refractivity contribution < 1.29 is 4.79 Å². The van der Waals surface area contributed by atoms with E-state index in [1.165, 1.54) is 37.7 Å². The Bertz CT molecular complexity index is 472. The van der Waals surface area contributed by atoms with Crippen molar-refractivity contribution in [2.45, 2.75) is 45.1 Å². The summed E-state index contributed by atoms with van der Waals surface area (Å²) in [5.74, 6) is 0.924. The Hall–Kier alpha value is -1.06. The van der Waals surface area contributed by atoms with Gasteiger partial charge in [0.15, 0.2) is 0 Å². The molecule has 1 aromatic rings. The second-order valence-corrected chi connectivity index (χ2v) is 6.06. The molecule has 0 spiro atoms. The van der Waals surface area contributed by atoms with Crippen LogP contribution in [0.5, 0.6) is 0 Å². The van der Waals surface area contributed by atoms with Gasteiger partial charge in [0.25, 0.3) is 0 Å². The average Bonchev–Trinajstić information content (AvgIpc) is 2.70. The number of halogens is 1. The van der Waals surface area contributed by atoms with Gasteiger partial charge in [0.2, 0.25) is 5.91 Å². The van der Waals surface area contributed by atoms with Crippen LogP contribution in [-0.2, 0) is 11.3 Å². The van der Waals surface area contributed by atoms with Gasteiger partial charge >= 0.3 is 0 Å². The summed E-state index contributed by atoms with van der Waals surface area (Å²) in [5, 5.41) is 3.40. The molecule has 21 heavy (non-hydrogen) atoms. The molecule has 1 aromatic carbocycles. The van der Waals surface area contributed by atoms with Crippen LogP contribution in [0.25, 0.3) is 0 Å². The lowest BCUT2D eigenvalue weighted by molar-refractivity contribution is -0.119. The molecule has 1 saturated carbocycles. The van der Waals surface area contributed by atoms with E-state index in [1.807, 2.05) is 11.0 Å². The van der Waals surface area contributed by atoms with Gasteiger partial charge in [-0.05, 0) is 30.4 Å². The van der Waals surface area contributed by atoms with Crippen LogP contribution in [0.1, 0.15) is 44.1 Å². The van der Waals surface area contributed by atoms with Gasteiger partial charge in [-0.25, -0.2) is 0 Å². The Labute approximate surface area is 133 Å². The summed E-state index contributed by atoms with van der Waals surface area (Å²) in [6.07, 6.45) is 7.15. The van der Waals surface area contributed by atoms with Crippen LogP contribution < -0.4 is 10.2 Å². The molecule has 3 rings (SSSR count). The first-order valence-corrected chi connectivity index (χ1v) is 7.93. The number of rotatable bonds is 2. The molecule has 2 aliphatic rings. The van der Waals surface area contributed by atoms with Crippen molar-refractivity contribution in [1.82, 2.24) is 5.32 Å². The van der Waals surface area contributed by atoms with Crippen LogP contribution in [-0.4, -0.2) is 19.0 Å². The molecule has 1 aliphatic carbocycles. The Morgan fingerprint density at radius 1 is 1.19 bits per heavy atom. The van der Waals surface area contributed by atoms with Crippen molar-refractivity contribution in [2.75, 3.05) is 18.0 Å². The van der Waals surface area contributed by atoms with E-state index in [-0.39, 0.29) is 12.4 Å². The fourth-order valence-corrected chi connectivity index (χ4v) is 3.47. The number of nitrogens with zero attached hydrogens (tertiary/aromatic N) is 1. The van der Waals surface area contributed by atoms with E-state index in [2.05, 4.69) is 23.5 Å². The molecule has 1 heterocycles. The van der Waals surface area contributed by atoms with Crippen LogP contribution in [0.4, 0.5) is 5.69 Å². The highest BCUT2D eigenvalue weighted by Gasteiger charge is 2.24. The summed E-state index contributed by atoms with van der Waals surface area (Å²) < 4.78 is 0. The summed E-state index contributed by atoms with van der Waals surface area (Å²) in [7, 11) is 0. The molecular weight excluding hydrogens is 284 g/mol. The summed E-state index contributed by atoms with van der Waals surface area (Å²) in [5.41, 5.74) is 2.35. The largest absolute Gasteiger partial charge is 0.311 e. The molecule has 1 fully saturated rings. The quantitative estimate of drug-likeness (QED) is 0.906. The zero-order chi connectivity index (χ0) is 13.8. The van der Waals surface area contributed by atoms with Gasteiger partial charge in [-0.1, -0.05) is 37.5 Å². The van der Waals surface area contributed by atoms with Crippen LogP contribution in [0.15, 0.2) is 24.3 Å². The van der Waals surface area contributed by atoms with Crippen LogP contribution in [0.2, 0.25) is 0 Å². The molecule has 0 unspecified atom stereocenters. The number of amides is 1. The Morgan fingerprint density at radius 2 is 1.95 bits per heavy atom. The van der Waals surface area contributed by atoms with E-state index in [1.54, 1.807) is 0 Å². The van der Waals surface area contributed by atoms with Crippen molar-refractivity contribution in [3.05, 3.63) is 29.8 Å². The van der Waals surface area contributed by atoms with E-state index in [9.17, 15) is 4.79 Å². The average molecular weight is 309 g/mol. The Balaban J connectivity index is 0.00000161. The lowest BCUT2D eigenvalue weighted by atomic mass is 9.86. The van der Waals surface area contributed by atoms with Crippen molar-refractivity contribution in [3.8, 4) is 0 Å². The number of fused-ring (bicyclic) bond motifs is 1. The smallest absolute Gasteiger partial charge is 0.227 e. The maximum Gasteiger partial charge on any atom is 0.227 e. The van der Waals surface area contributed by atoms with E-state index in [0.29, 0.717) is 11.8 Å². The van der Waals surface area contributed by atoms with E-state index >= 15 is 0 Å². The third kappa shape index (κ3) is 3.98. The van der Waals surface area contributed by atoms with Gasteiger partial charge in [0.1, 0.15) is 0 Å². The minimum atomic E-state index is 0. The van der Waals surface area contributed by atoms with E-state index < -0.39 is 0 Å². The van der Waals surface area contributed by atoms with E-state index in [0.717, 1.165) is 31.7 Å². The minimum absolute atomic E-state index is 0. The number of hydrogen-bond acceptors (Lipinski definition) is 2. The van der Waals surface area contributed by atoms with Crippen molar-refractivity contribution >= 4 is 24.0 Å². The molecule has 116 valence electrons. The number of para-hydroxylation sites is 1. The normalized spacial score (nSPS) is 19.3. The molecular formula is C17H25ClN2O. The monoisotopic (exact) mass is 308 g/mol. The van der Waals surface area contributed by atoms with Gasteiger partial charge in [0.05, 0.1) is 0 Å². The van der Waals surface area contributed by atoms with Gasteiger partial charge in [0, 0.05) is 31.7 Å². The second kappa shape index (κ2) is 7.81. The fourth-order valence-electron chi connectivity index (χ4n) is 3.47. The molecule has 0 saturated heterocycles. The molecule has 0 bridgehead atoms. The Morgan fingerprint density at radius 3 is 2.76 bits per heavy atom. The van der Waals surface area contributed by atoms with Crippen molar-refractivity contribution in [2.24, 2.45) is 5.92 Å². The number of hydrogen-bond donors (Lipinski definition) is 1. The maximum absolute atomic E-state index is 12.7. The van der Waals surface area contributed by atoms with Crippen LogP contribution >= 0.6 is 12.4 Å². The first-order chi connectivity index (χ1) is 9.84. The second-order valence-electron chi connectivity index (χ2n) is 6.06. The van der Waals surface area contributed by atoms with Gasteiger partial charge in [-0.3, -0.25) is 4.79 Å². The predicted molar refractivity (Wildman–Crippen MR) is 88.9 cm³/mol. The maximum atomic E-state index is 12.7. The highest BCUT2D eigenvalue weighted by molar-refractivity contribution is 5.94. The minimum Gasteiger partial charge on any atom is -0.311 e. The van der Waals surface area contributed by atoms with Gasteiger partial charge in [-0.2, -0.15) is 0 Å². The number of nitrogens with one attached hydrogen (secondary N) is 1. The van der Waals surface area contributed by atoms with Crippen LogP contribution in [0.3, 0.4) is 0 Å². The highest BCUT2D eigenvalue weighted by Crippen LogP contribution is 2.29. The highest BCUT2D eigenvalue weighted by atomic mass is 35.5. The first kappa shape index (κ1) is 16.3. The molecule has 0 radical (unpaired) electrons. The molecule has 1 amide bonds. The first-order valence-electron chi connectivity index (χ1n) is 7.93. The van der Waals surface area contributed by atoms with Gasteiger partial charge in [-0.15, -0.1) is 12.4 Å². The third-order valence-electron chi connectivity index (χ3n) is 4.60. The number of carbonyl (C=O) groups is 1. The van der Waals surface area contributed by atoms with Crippen LogP contribution in [0, 0.1) is 5.92 Å². The summed E-state index contributed by atoms with van der Waals surface area (Å²) >= 11 is 0.